The van der Waals surface area contributed by atoms with Crippen molar-refractivity contribution >= 4 is 41.1 Å². The first-order chi connectivity index (χ1) is 16.1. The van der Waals surface area contributed by atoms with E-state index in [0.717, 1.165) is 17.5 Å². The number of carbonyl (C=O) groups excluding carboxylic acids is 3. The Hall–Kier alpha value is -2.51. The van der Waals surface area contributed by atoms with Crippen LogP contribution in [-0.4, -0.2) is 39.5 Å². The van der Waals surface area contributed by atoms with E-state index in [4.69, 9.17) is 11.6 Å². The number of carbonyl (C=O) groups is 3. The molecular formula is C26H30ClN3O3S. The molecule has 1 saturated heterocycles. The van der Waals surface area contributed by atoms with Crippen LogP contribution in [0.15, 0.2) is 48.5 Å². The van der Waals surface area contributed by atoms with Crippen LogP contribution >= 0.6 is 23.4 Å². The van der Waals surface area contributed by atoms with Gasteiger partial charge in [0.15, 0.2) is 0 Å². The van der Waals surface area contributed by atoms with Gasteiger partial charge in [0.1, 0.15) is 17.5 Å². The lowest BCUT2D eigenvalue weighted by molar-refractivity contribution is -0.133. The molecule has 2 N–H and O–H groups in total. The predicted molar refractivity (Wildman–Crippen MR) is 135 cm³/mol. The van der Waals surface area contributed by atoms with Crippen molar-refractivity contribution in [3.05, 3.63) is 70.2 Å². The Morgan fingerprint density at radius 3 is 2.50 bits per heavy atom. The fourth-order valence-corrected chi connectivity index (χ4v) is 6.35. The van der Waals surface area contributed by atoms with Crippen LogP contribution in [0.4, 0.5) is 0 Å². The monoisotopic (exact) mass is 499 g/mol. The van der Waals surface area contributed by atoms with E-state index in [1.165, 1.54) is 0 Å². The quantitative estimate of drug-likeness (QED) is 0.586. The molecule has 0 aliphatic carbocycles. The summed E-state index contributed by atoms with van der Waals surface area (Å²) < 4.78 is -0.502. The number of benzene rings is 2. The predicted octanol–water partition coefficient (Wildman–Crippen LogP) is 4.54. The molecule has 0 radical (unpaired) electrons. The minimum absolute atomic E-state index is 0.0754. The zero-order chi connectivity index (χ0) is 24.6. The smallest absolute Gasteiger partial charge is 0.256 e. The van der Waals surface area contributed by atoms with E-state index >= 15 is 0 Å². The van der Waals surface area contributed by atoms with Crippen LogP contribution in [0.25, 0.3) is 0 Å². The maximum atomic E-state index is 13.6. The maximum absolute atomic E-state index is 13.6. The summed E-state index contributed by atoms with van der Waals surface area (Å²) in [7, 11) is 0. The Morgan fingerprint density at radius 2 is 1.82 bits per heavy atom. The highest BCUT2D eigenvalue weighted by atomic mass is 35.5. The minimum Gasteiger partial charge on any atom is -0.350 e. The second-order valence-electron chi connectivity index (χ2n) is 9.49. The van der Waals surface area contributed by atoms with Crippen molar-refractivity contribution < 1.29 is 14.4 Å². The first kappa shape index (κ1) is 24.6. The van der Waals surface area contributed by atoms with Crippen LogP contribution in [0.2, 0.25) is 5.02 Å². The summed E-state index contributed by atoms with van der Waals surface area (Å²) in [6.07, 6.45) is 0.721. The van der Waals surface area contributed by atoms with Gasteiger partial charge in [0.2, 0.25) is 11.8 Å². The fourth-order valence-electron chi connectivity index (χ4n) is 4.64. The van der Waals surface area contributed by atoms with Crippen LogP contribution in [0, 0.1) is 5.92 Å². The second kappa shape index (κ2) is 9.62. The molecule has 2 aliphatic rings. The number of nitrogens with zero attached hydrogens (tertiary/aromatic N) is 1. The van der Waals surface area contributed by atoms with Gasteiger partial charge < -0.3 is 15.5 Å². The minimum atomic E-state index is -0.704. The summed E-state index contributed by atoms with van der Waals surface area (Å²) in [6.45, 7) is 8.24. The highest BCUT2D eigenvalue weighted by molar-refractivity contribution is 8.01. The largest absolute Gasteiger partial charge is 0.350 e. The summed E-state index contributed by atoms with van der Waals surface area (Å²) in [4.78, 5) is 41.7. The van der Waals surface area contributed by atoms with E-state index in [2.05, 4.69) is 10.6 Å². The number of hydrogen-bond acceptors (Lipinski definition) is 4. The first-order valence-electron chi connectivity index (χ1n) is 11.6. The second-order valence-corrected chi connectivity index (χ2v) is 11.7. The number of thioether (sulfide) groups is 1. The number of rotatable bonds is 7. The SMILES string of the molecule is CCC(C)[C@H](NC(=O)[C@H]1N2C(=O)c3ccccc3C2SC1(C)C)C(=O)NCc1ccc(Cl)cc1. The highest BCUT2D eigenvalue weighted by Crippen LogP contribution is 2.56. The number of halogens is 1. The van der Waals surface area contributed by atoms with Crippen molar-refractivity contribution in [2.45, 2.75) is 62.9 Å². The molecule has 0 spiro atoms. The third-order valence-electron chi connectivity index (χ3n) is 6.72. The van der Waals surface area contributed by atoms with Gasteiger partial charge in [0.05, 0.1) is 0 Å². The maximum Gasteiger partial charge on any atom is 0.256 e. The average Bonchev–Trinajstić information content (AvgIpc) is 3.25. The van der Waals surface area contributed by atoms with Gasteiger partial charge in [0, 0.05) is 21.9 Å². The van der Waals surface area contributed by atoms with Crippen LogP contribution in [-0.2, 0) is 16.1 Å². The highest BCUT2D eigenvalue weighted by Gasteiger charge is 2.57. The molecule has 3 amide bonds. The summed E-state index contributed by atoms with van der Waals surface area (Å²) in [5, 5.41) is 6.36. The molecule has 0 aromatic heterocycles. The normalized spacial score (nSPS) is 22.0. The average molecular weight is 500 g/mol. The number of nitrogens with one attached hydrogen (secondary N) is 2. The Labute approximate surface area is 209 Å². The van der Waals surface area contributed by atoms with Crippen molar-refractivity contribution in [1.29, 1.82) is 0 Å². The van der Waals surface area contributed by atoms with Gasteiger partial charge in [-0.1, -0.05) is 62.2 Å². The molecule has 1 fully saturated rings. The molecule has 4 atom stereocenters. The number of fused-ring (bicyclic) bond motifs is 3. The number of amides is 3. The van der Waals surface area contributed by atoms with Crippen molar-refractivity contribution in [1.82, 2.24) is 15.5 Å². The lowest BCUT2D eigenvalue weighted by atomic mass is 9.95. The zero-order valence-electron chi connectivity index (χ0n) is 19.8. The van der Waals surface area contributed by atoms with Crippen molar-refractivity contribution in [2.75, 3.05) is 0 Å². The molecule has 2 aromatic carbocycles. The lowest BCUT2D eigenvalue weighted by Crippen LogP contribution is -2.58. The van der Waals surface area contributed by atoms with Gasteiger partial charge in [-0.3, -0.25) is 14.4 Å². The molecule has 0 bridgehead atoms. The molecule has 2 aromatic rings. The molecule has 6 nitrogen and oxygen atoms in total. The molecule has 2 unspecified atom stereocenters. The Morgan fingerprint density at radius 1 is 1.15 bits per heavy atom. The van der Waals surface area contributed by atoms with E-state index < -0.39 is 16.8 Å². The lowest BCUT2D eigenvalue weighted by Gasteiger charge is -2.32. The molecule has 4 rings (SSSR count). The van der Waals surface area contributed by atoms with Gasteiger partial charge in [-0.15, -0.1) is 11.8 Å². The van der Waals surface area contributed by atoms with Crippen molar-refractivity contribution in [3.8, 4) is 0 Å². The molecular weight excluding hydrogens is 470 g/mol. The summed E-state index contributed by atoms with van der Waals surface area (Å²) >= 11 is 7.55. The Kier molecular flexibility index (Phi) is 6.97. The van der Waals surface area contributed by atoms with Crippen LogP contribution in [0.5, 0.6) is 0 Å². The summed E-state index contributed by atoms with van der Waals surface area (Å²) in [6, 6.07) is 13.4. The van der Waals surface area contributed by atoms with Gasteiger partial charge >= 0.3 is 0 Å². The fraction of sp³-hybridized carbons (Fsp3) is 0.423. The van der Waals surface area contributed by atoms with Crippen LogP contribution in [0.3, 0.4) is 0 Å². The van der Waals surface area contributed by atoms with E-state index in [9.17, 15) is 14.4 Å². The van der Waals surface area contributed by atoms with Gasteiger partial charge in [0.25, 0.3) is 5.91 Å². The van der Waals surface area contributed by atoms with Gasteiger partial charge in [-0.25, -0.2) is 0 Å². The molecule has 2 heterocycles. The van der Waals surface area contributed by atoms with Crippen LogP contribution in [0.1, 0.15) is 61.0 Å². The molecule has 8 heteroatoms. The molecule has 180 valence electrons. The summed E-state index contributed by atoms with van der Waals surface area (Å²) in [5.41, 5.74) is 2.51. The number of hydrogen-bond donors (Lipinski definition) is 2. The molecule has 2 aliphatic heterocycles. The Bertz CT molecular complexity index is 1100. The Balaban J connectivity index is 1.51. The first-order valence-corrected chi connectivity index (χ1v) is 12.8. The van der Waals surface area contributed by atoms with E-state index in [1.807, 2.05) is 64.1 Å². The van der Waals surface area contributed by atoms with Crippen LogP contribution < -0.4 is 10.6 Å². The molecule has 0 saturated carbocycles. The van der Waals surface area contributed by atoms with E-state index in [0.29, 0.717) is 17.1 Å². The van der Waals surface area contributed by atoms with Gasteiger partial charge in [-0.05, 0) is 49.1 Å². The van der Waals surface area contributed by atoms with Gasteiger partial charge in [-0.2, -0.15) is 0 Å². The zero-order valence-corrected chi connectivity index (χ0v) is 21.4. The third kappa shape index (κ3) is 4.56. The molecule has 34 heavy (non-hydrogen) atoms. The summed E-state index contributed by atoms with van der Waals surface area (Å²) in [5.74, 6) is -0.749. The van der Waals surface area contributed by atoms with E-state index in [-0.39, 0.29) is 29.0 Å². The standard InChI is InChI=1S/C26H30ClN3O3S/c1-5-15(2)20(22(31)28-14-16-10-12-17(27)13-11-16)29-23(32)21-26(3,4)34-25-19-9-7-6-8-18(19)24(33)30(21)25/h6-13,15,20-21,25H,5,14H2,1-4H3,(H,28,31)(H,29,32)/t15?,20-,21+,25?/m0/s1. The third-order valence-corrected chi connectivity index (χ3v) is 8.51. The van der Waals surface area contributed by atoms with Crippen molar-refractivity contribution in [3.63, 3.8) is 0 Å². The van der Waals surface area contributed by atoms with Crippen molar-refractivity contribution in [2.24, 2.45) is 5.92 Å². The topological polar surface area (TPSA) is 78.5 Å². The van der Waals surface area contributed by atoms with E-state index in [1.54, 1.807) is 28.8 Å².